The van der Waals surface area contributed by atoms with Crippen LogP contribution in [0.25, 0.3) is 0 Å². The molecule has 0 N–H and O–H groups in total. The van der Waals surface area contributed by atoms with Crippen LogP contribution in [0.15, 0.2) is 48.6 Å². The summed E-state index contributed by atoms with van der Waals surface area (Å²) in [4.78, 5) is 0. The minimum Gasteiger partial charge on any atom is -0.344 e. The summed E-state index contributed by atoms with van der Waals surface area (Å²) in [5, 5.41) is 0. The largest absolute Gasteiger partial charge is 0.344 e. The summed E-state index contributed by atoms with van der Waals surface area (Å²) in [7, 11) is 0. The number of hydrogen-bond donors (Lipinski definition) is 0. The third-order valence-corrected chi connectivity index (χ3v) is 11.4. The first-order chi connectivity index (χ1) is 23.2. The molecule has 2 unspecified atom stereocenters. The van der Waals surface area contributed by atoms with Crippen LogP contribution in [0.2, 0.25) is 0 Å². The number of hydrogen-bond acceptors (Lipinski definition) is 2. The molecule has 0 aromatic rings. The summed E-state index contributed by atoms with van der Waals surface area (Å²) in [6.45, 7) is 7.00. The zero-order valence-corrected chi connectivity index (χ0v) is 31.6. The highest BCUT2D eigenvalue weighted by Gasteiger charge is 2.60. The smallest absolute Gasteiger partial charge is 0.169 e. The van der Waals surface area contributed by atoms with Crippen LogP contribution in [0, 0.1) is 17.8 Å². The molecule has 0 aromatic carbocycles. The second kappa shape index (κ2) is 25.8. The number of ether oxygens (including phenoxy) is 2. The van der Waals surface area contributed by atoms with Crippen LogP contribution in [0.5, 0.6) is 0 Å². The first-order valence-electron chi connectivity index (χ1n) is 21.1. The molecule has 2 heteroatoms. The van der Waals surface area contributed by atoms with Crippen LogP contribution in [0.3, 0.4) is 0 Å². The van der Waals surface area contributed by atoms with Gasteiger partial charge in [0, 0.05) is 12.8 Å². The summed E-state index contributed by atoms with van der Waals surface area (Å²) in [6, 6.07) is 0. The summed E-state index contributed by atoms with van der Waals surface area (Å²) < 4.78 is 13.9. The Morgan fingerprint density at radius 2 is 0.872 bits per heavy atom. The van der Waals surface area contributed by atoms with Crippen LogP contribution in [0.4, 0.5) is 0 Å². The molecule has 47 heavy (non-hydrogen) atoms. The van der Waals surface area contributed by atoms with E-state index < -0.39 is 0 Å². The Labute approximate surface area is 293 Å². The Bertz CT molecular complexity index is 819. The van der Waals surface area contributed by atoms with Crippen LogP contribution < -0.4 is 0 Å². The molecule has 1 heterocycles. The van der Waals surface area contributed by atoms with E-state index >= 15 is 0 Å². The van der Waals surface area contributed by atoms with Gasteiger partial charge in [-0.05, 0) is 108 Å². The molecule has 3 aliphatic rings. The monoisotopic (exact) mass is 651 g/mol. The minimum absolute atomic E-state index is 0.277. The number of allylic oxidation sites excluding steroid dienone is 8. The SMILES string of the molecule is CCCCC/C=C\C/C=C\CCCCCCCCC1(CCCCCCCC/C=C\C/C=C\CCCCC)O[C@@H]2C3CC([C@H](C)C3)[C@@H]2O1. The van der Waals surface area contributed by atoms with Crippen molar-refractivity contribution >= 4 is 0 Å². The van der Waals surface area contributed by atoms with Crippen LogP contribution in [-0.4, -0.2) is 18.0 Å². The lowest BCUT2D eigenvalue weighted by atomic mass is 9.86. The Morgan fingerprint density at radius 3 is 1.34 bits per heavy atom. The van der Waals surface area contributed by atoms with Gasteiger partial charge < -0.3 is 9.47 Å². The van der Waals surface area contributed by atoms with E-state index in [1.165, 1.54) is 154 Å². The van der Waals surface area contributed by atoms with Gasteiger partial charge in [-0.25, -0.2) is 0 Å². The normalized spacial score (nSPS) is 25.1. The zero-order valence-electron chi connectivity index (χ0n) is 31.6. The fraction of sp³-hybridized carbons (Fsp3) is 0.822. The van der Waals surface area contributed by atoms with Crippen molar-refractivity contribution in [3.05, 3.63) is 48.6 Å². The van der Waals surface area contributed by atoms with Crippen molar-refractivity contribution in [3.8, 4) is 0 Å². The van der Waals surface area contributed by atoms with Gasteiger partial charge >= 0.3 is 0 Å². The number of fused-ring (bicyclic) bond motifs is 5. The van der Waals surface area contributed by atoms with Gasteiger partial charge in [0.25, 0.3) is 0 Å². The minimum atomic E-state index is -0.277. The Morgan fingerprint density at radius 1 is 0.468 bits per heavy atom. The van der Waals surface area contributed by atoms with Gasteiger partial charge in [-0.15, -0.1) is 0 Å². The lowest BCUT2D eigenvalue weighted by Crippen LogP contribution is -2.33. The Hall–Kier alpha value is -1.12. The van der Waals surface area contributed by atoms with Gasteiger partial charge in [0.05, 0.1) is 12.2 Å². The number of rotatable bonds is 30. The number of unbranched alkanes of at least 4 members (excludes halogenated alkanes) is 18. The van der Waals surface area contributed by atoms with Crippen molar-refractivity contribution in [2.45, 2.75) is 219 Å². The van der Waals surface area contributed by atoms with Crippen molar-refractivity contribution in [2.75, 3.05) is 0 Å². The molecule has 0 aromatic heterocycles. The van der Waals surface area contributed by atoms with Crippen molar-refractivity contribution in [1.29, 1.82) is 0 Å². The van der Waals surface area contributed by atoms with E-state index in [1.807, 2.05) is 0 Å². The highest BCUT2D eigenvalue weighted by atomic mass is 16.8. The lowest BCUT2D eigenvalue weighted by molar-refractivity contribution is -0.196. The molecule has 0 spiro atoms. The topological polar surface area (TPSA) is 18.5 Å². The van der Waals surface area contributed by atoms with Crippen LogP contribution in [-0.2, 0) is 9.47 Å². The Kier molecular flexibility index (Phi) is 22.1. The molecular formula is C45H78O2. The fourth-order valence-electron chi connectivity index (χ4n) is 8.54. The average molecular weight is 651 g/mol. The molecule has 2 saturated carbocycles. The van der Waals surface area contributed by atoms with E-state index in [4.69, 9.17) is 9.47 Å². The molecule has 0 radical (unpaired) electrons. The fourth-order valence-corrected chi connectivity index (χ4v) is 8.54. The standard InChI is InChI=1S/C45H78O2/c1-4-6-8-10-12-14-16-18-20-22-24-26-28-30-32-34-36-45(46-43-41-38-40(3)42(39-41)44(43)47-45)37-35-33-31-29-27-25-23-21-19-17-15-13-11-9-7-5-2/h12-15,18-21,40-44H,4-11,16-17,22-39H2,1-3H3/b14-12-,15-13-,20-18-,21-19-/t40-,41?,42?,43-,44+/m1/s1. The van der Waals surface area contributed by atoms with E-state index in [9.17, 15) is 0 Å². The van der Waals surface area contributed by atoms with Crippen LogP contribution in [0.1, 0.15) is 201 Å². The van der Waals surface area contributed by atoms with Gasteiger partial charge in [0.1, 0.15) is 0 Å². The van der Waals surface area contributed by atoms with Crippen molar-refractivity contribution < 1.29 is 9.47 Å². The molecule has 2 nitrogen and oxygen atoms in total. The molecule has 3 rings (SSSR count). The predicted octanol–water partition coefficient (Wildman–Crippen LogP) is 14.5. The second-order valence-electron chi connectivity index (χ2n) is 15.6. The maximum atomic E-state index is 6.98. The van der Waals surface area contributed by atoms with E-state index in [-0.39, 0.29) is 5.79 Å². The van der Waals surface area contributed by atoms with Gasteiger partial charge in [-0.3, -0.25) is 0 Å². The van der Waals surface area contributed by atoms with E-state index in [1.54, 1.807) is 0 Å². The Balaban J connectivity index is 1.23. The third kappa shape index (κ3) is 16.4. The summed E-state index contributed by atoms with van der Waals surface area (Å²) in [5.74, 6) is 2.05. The molecular weight excluding hydrogens is 572 g/mol. The maximum absolute atomic E-state index is 6.98. The lowest BCUT2D eigenvalue weighted by Gasteiger charge is -2.30. The summed E-state index contributed by atoms with van der Waals surface area (Å²) in [6.07, 6.45) is 55.9. The zero-order chi connectivity index (χ0) is 33.3. The van der Waals surface area contributed by atoms with Crippen LogP contribution >= 0.6 is 0 Å². The predicted molar refractivity (Wildman–Crippen MR) is 206 cm³/mol. The molecule has 3 fully saturated rings. The van der Waals surface area contributed by atoms with Gasteiger partial charge in [0.2, 0.25) is 0 Å². The molecule has 5 atom stereocenters. The highest BCUT2D eigenvalue weighted by Crippen LogP contribution is 2.57. The molecule has 2 bridgehead atoms. The van der Waals surface area contributed by atoms with Gasteiger partial charge in [0.15, 0.2) is 5.79 Å². The second-order valence-corrected chi connectivity index (χ2v) is 15.6. The van der Waals surface area contributed by atoms with E-state index in [2.05, 4.69) is 69.4 Å². The first kappa shape index (κ1) is 40.3. The quantitative estimate of drug-likeness (QED) is 0.0569. The van der Waals surface area contributed by atoms with Gasteiger partial charge in [-0.2, -0.15) is 0 Å². The summed E-state index contributed by atoms with van der Waals surface area (Å²) >= 11 is 0. The molecule has 270 valence electrons. The molecule has 0 amide bonds. The molecule has 2 aliphatic carbocycles. The molecule has 1 aliphatic heterocycles. The van der Waals surface area contributed by atoms with Crippen molar-refractivity contribution in [2.24, 2.45) is 17.8 Å². The highest BCUT2D eigenvalue weighted by molar-refractivity contribution is 5.06. The maximum Gasteiger partial charge on any atom is 0.169 e. The van der Waals surface area contributed by atoms with Crippen molar-refractivity contribution in [1.82, 2.24) is 0 Å². The van der Waals surface area contributed by atoms with Crippen molar-refractivity contribution in [3.63, 3.8) is 0 Å². The van der Waals surface area contributed by atoms with Gasteiger partial charge in [-0.1, -0.05) is 146 Å². The average Bonchev–Trinajstić information content (AvgIpc) is 3.74. The molecule has 1 saturated heterocycles. The van der Waals surface area contributed by atoms with E-state index in [0.29, 0.717) is 12.2 Å². The third-order valence-electron chi connectivity index (χ3n) is 11.4. The first-order valence-corrected chi connectivity index (χ1v) is 21.1. The van der Waals surface area contributed by atoms with E-state index in [0.717, 1.165) is 43.4 Å². The summed E-state index contributed by atoms with van der Waals surface area (Å²) in [5.41, 5.74) is 0.